The second-order valence-corrected chi connectivity index (χ2v) is 6.94. The number of hydrogen-bond acceptors (Lipinski definition) is 2. The molecule has 16 heavy (non-hydrogen) atoms. The quantitative estimate of drug-likeness (QED) is 0.794. The van der Waals surface area contributed by atoms with Crippen LogP contribution in [0.15, 0.2) is 0 Å². The van der Waals surface area contributed by atoms with Gasteiger partial charge in [0, 0.05) is 30.5 Å². The van der Waals surface area contributed by atoms with Crippen LogP contribution in [0.2, 0.25) is 0 Å². The summed E-state index contributed by atoms with van der Waals surface area (Å²) in [6, 6.07) is 0.658. The van der Waals surface area contributed by atoms with Gasteiger partial charge < -0.3 is 10.1 Å². The molecule has 3 unspecified atom stereocenters. The van der Waals surface area contributed by atoms with Crippen LogP contribution in [0.3, 0.4) is 0 Å². The standard InChI is InChI=1S/C14H27NO/c1-6-13(2,3)9-15-11-10-7-8-16-12(10)14(11,4)5/h10-12,15H,6-9H2,1-5H3. The third-order valence-corrected chi connectivity index (χ3v) is 4.86. The van der Waals surface area contributed by atoms with Crippen molar-refractivity contribution in [1.29, 1.82) is 0 Å². The highest BCUT2D eigenvalue weighted by molar-refractivity contribution is 5.11. The van der Waals surface area contributed by atoms with E-state index in [1.54, 1.807) is 0 Å². The van der Waals surface area contributed by atoms with Gasteiger partial charge in [0.25, 0.3) is 0 Å². The number of ether oxygens (including phenoxy) is 1. The van der Waals surface area contributed by atoms with Crippen LogP contribution in [0.5, 0.6) is 0 Å². The van der Waals surface area contributed by atoms with E-state index in [2.05, 4.69) is 39.9 Å². The van der Waals surface area contributed by atoms with Crippen molar-refractivity contribution in [1.82, 2.24) is 5.32 Å². The molecule has 1 saturated heterocycles. The Balaban J connectivity index is 1.91. The zero-order chi connectivity index (χ0) is 12.0. The summed E-state index contributed by atoms with van der Waals surface area (Å²) in [5.41, 5.74) is 0.742. The van der Waals surface area contributed by atoms with Crippen LogP contribution in [0.25, 0.3) is 0 Å². The molecule has 2 heteroatoms. The Morgan fingerprint density at radius 3 is 2.69 bits per heavy atom. The molecule has 94 valence electrons. The molecule has 0 aromatic heterocycles. The maximum atomic E-state index is 5.82. The van der Waals surface area contributed by atoms with Crippen LogP contribution in [0, 0.1) is 16.7 Å². The molecule has 2 nitrogen and oxygen atoms in total. The van der Waals surface area contributed by atoms with Gasteiger partial charge in [0.05, 0.1) is 6.10 Å². The minimum absolute atomic E-state index is 0.324. The van der Waals surface area contributed by atoms with Gasteiger partial charge in [-0.15, -0.1) is 0 Å². The molecule has 1 N–H and O–H groups in total. The lowest BCUT2D eigenvalue weighted by molar-refractivity contribution is -0.114. The Morgan fingerprint density at radius 2 is 2.06 bits per heavy atom. The SMILES string of the molecule is CCC(C)(C)CNC1C2CCOC2C1(C)C. The van der Waals surface area contributed by atoms with E-state index in [1.807, 2.05) is 0 Å². The zero-order valence-corrected chi connectivity index (χ0v) is 11.5. The van der Waals surface area contributed by atoms with Crippen LogP contribution >= 0.6 is 0 Å². The van der Waals surface area contributed by atoms with Gasteiger partial charge in [-0.05, 0) is 18.3 Å². The molecule has 0 aromatic carbocycles. The first-order valence-electron chi connectivity index (χ1n) is 6.73. The summed E-state index contributed by atoms with van der Waals surface area (Å²) in [5.74, 6) is 0.766. The predicted octanol–water partition coefficient (Wildman–Crippen LogP) is 2.83. The largest absolute Gasteiger partial charge is 0.377 e. The first-order chi connectivity index (χ1) is 7.38. The molecule has 1 aliphatic carbocycles. The molecule has 3 atom stereocenters. The second-order valence-electron chi connectivity index (χ2n) is 6.94. The Labute approximate surface area is 100 Å². The van der Waals surface area contributed by atoms with Crippen molar-refractivity contribution >= 4 is 0 Å². The topological polar surface area (TPSA) is 21.3 Å². The Hall–Kier alpha value is -0.0800. The average Bonchev–Trinajstić information content (AvgIpc) is 2.64. The van der Waals surface area contributed by atoms with Crippen molar-refractivity contribution in [2.24, 2.45) is 16.7 Å². The van der Waals surface area contributed by atoms with Crippen LogP contribution in [0.1, 0.15) is 47.5 Å². The minimum Gasteiger partial charge on any atom is -0.377 e. The van der Waals surface area contributed by atoms with Gasteiger partial charge in [-0.3, -0.25) is 0 Å². The third kappa shape index (κ3) is 1.91. The first kappa shape index (κ1) is 12.4. The average molecular weight is 225 g/mol. The highest BCUT2D eigenvalue weighted by atomic mass is 16.5. The molecule has 1 saturated carbocycles. The fourth-order valence-electron chi connectivity index (χ4n) is 3.25. The highest BCUT2D eigenvalue weighted by Crippen LogP contribution is 2.52. The van der Waals surface area contributed by atoms with E-state index in [0.29, 0.717) is 23.0 Å². The summed E-state index contributed by atoms with van der Waals surface area (Å²) in [6.07, 6.45) is 2.99. The smallest absolute Gasteiger partial charge is 0.0685 e. The van der Waals surface area contributed by atoms with Gasteiger partial charge >= 0.3 is 0 Å². The molecule has 0 radical (unpaired) electrons. The highest BCUT2D eigenvalue weighted by Gasteiger charge is 2.59. The molecule has 2 fully saturated rings. The molecule has 0 bridgehead atoms. The molecular weight excluding hydrogens is 198 g/mol. The van der Waals surface area contributed by atoms with Gasteiger partial charge in [0.1, 0.15) is 0 Å². The molecule has 0 aromatic rings. The van der Waals surface area contributed by atoms with E-state index in [9.17, 15) is 0 Å². The van der Waals surface area contributed by atoms with Gasteiger partial charge in [-0.25, -0.2) is 0 Å². The summed E-state index contributed by atoms with van der Waals surface area (Å²) < 4.78 is 5.82. The number of fused-ring (bicyclic) bond motifs is 1. The number of hydrogen-bond donors (Lipinski definition) is 1. The monoisotopic (exact) mass is 225 g/mol. The second kappa shape index (κ2) is 3.99. The van der Waals surface area contributed by atoms with E-state index < -0.39 is 0 Å². The van der Waals surface area contributed by atoms with Crippen LogP contribution in [0.4, 0.5) is 0 Å². The number of nitrogens with one attached hydrogen (secondary N) is 1. The van der Waals surface area contributed by atoms with Crippen LogP contribution in [-0.4, -0.2) is 25.3 Å². The molecule has 2 aliphatic rings. The molecule has 1 heterocycles. The molecule has 1 aliphatic heterocycles. The van der Waals surface area contributed by atoms with Crippen molar-refractivity contribution in [3.05, 3.63) is 0 Å². The summed E-state index contributed by atoms with van der Waals surface area (Å²) in [6.45, 7) is 13.7. The fourth-order valence-corrected chi connectivity index (χ4v) is 3.25. The lowest BCUT2D eigenvalue weighted by atomic mass is 9.57. The lowest BCUT2D eigenvalue weighted by Gasteiger charge is -2.55. The van der Waals surface area contributed by atoms with E-state index in [-0.39, 0.29) is 0 Å². The summed E-state index contributed by atoms with van der Waals surface area (Å²) in [7, 11) is 0. The maximum absolute atomic E-state index is 5.82. The Kier molecular flexibility index (Phi) is 3.09. The van der Waals surface area contributed by atoms with Crippen molar-refractivity contribution in [3.8, 4) is 0 Å². The van der Waals surface area contributed by atoms with E-state index in [1.165, 1.54) is 12.8 Å². The molecule has 2 rings (SSSR count). The molecule has 0 spiro atoms. The summed E-state index contributed by atoms with van der Waals surface area (Å²) >= 11 is 0. The van der Waals surface area contributed by atoms with Crippen LogP contribution < -0.4 is 5.32 Å². The summed E-state index contributed by atoms with van der Waals surface area (Å²) in [5, 5.41) is 3.79. The molecular formula is C14H27NO. The van der Waals surface area contributed by atoms with Crippen molar-refractivity contribution in [2.45, 2.75) is 59.6 Å². The van der Waals surface area contributed by atoms with E-state index in [4.69, 9.17) is 4.74 Å². The lowest BCUT2D eigenvalue weighted by Crippen LogP contribution is -2.66. The third-order valence-electron chi connectivity index (χ3n) is 4.86. The van der Waals surface area contributed by atoms with E-state index >= 15 is 0 Å². The predicted molar refractivity (Wildman–Crippen MR) is 67.5 cm³/mol. The minimum atomic E-state index is 0.324. The first-order valence-corrected chi connectivity index (χ1v) is 6.73. The Bertz CT molecular complexity index is 259. The van der Waals surface area contributed by atoms with Gasteiger partial charge in [0.15, 0.2) is 0 Å². The summed E-state index contributed by atoms with van der Waals surface area (Å²) in [4.78, 5) is 0. The van der Waals surface area contributed by atoms with Crippen molar-refractivity contribution < 1.29 is 4.74 Å². The fraction of sp³-hybridized carbons (Fsp3) is 1.00. The van der Waals surface area contributed by atoms with Gasteiger partial charge in [-0.1, -0.05) is 34.6 Å². The van der Waals surface area contributed by atoms with Crippen LogP contribution in [-0.2, 0) is 4.74 Å². The maximum Gasteiger partial charge on any atom is 0.0685 e. The van der Waals surface area contributed by atoms with Crippen molar-refractivity contribution in [3.63, 3.8) is 0 Å². The van der Waals surface area contributed by atoms with Gasteiger partial charge in [-0.2, -0.15) is 0 Å². The van der Waals surface area contributed by atoms with Crippen molar-refractivity contribution in [2.75, 3.05) is 13.2 Å². The number of rotatable bonds is 4. The normalized spacial score (nSPS) is 36.9. The van der Waals surface area contributed by atoms with Gasteiger partial charge in [0.2, 0.25) is 0 Å². The molecule has 0 amide bonds. The zero-order valence-electron chi connectivity index (χ0n) is 11.5. The Morgan fingerprint density at radius 1 is 1.38 bits per heavy atom. The van der Waals surface area contributed by atoms with E-state index in [0.717, 1.165) is 19.1 Å².